The molecule has 1 amide bonds. The highest BCUT2D eigenvalue weighted by Gasteiger charge is 2.27. The second-order valence-electron chi connectivity index (χ2n) is 7.41. The molecule has 0 saturated carbocycles. The molecular weight excluding hydrogens is 394 g/mol. The Morgan fingerprint density at radius 2 is 1.90 bits per heavy atom. The maximum Gasteiger partial charge on any atom is 0.233 e. The molecule has 3 heterocycles. The zero-order valence-electron chi connectivity index (χ0n) is 17.5. The van der Waals surface area contributed by atoms with Gasteiger partial charge in [-0.05, 0) is 48.9 Å². The van der Waals surface area contributed by atoms with Crippen LogP contribution in [0.1, 0.15) is 44.2 Å². The number of hydrogen-bond acceptors (Lipinski definition) is 5. The summed E-state index contributed by atoms with van der Waals surface area (Å²) in [5.74, 6) is 0.852. The fraction of sp³-hybridized carbons (Fsp3) is 0.391. The number of amides is 1. The minimum absolute atomic E-state index is 0.0921. The van der Waals surface area contributed by atoms with Crippen LogP contribution >= 0.6 is 11.8 Å². The quantitative estimate of drug-likeness (QED) is 0.645. The van der Waals surface area contributed by atoms with E-state index in [0.29, 0.717) is 0 Å². The van der Waals surface area contributed by atoms with Crippen molar-refractivity contribution in [3.63, 3.8) is 0 Å². The number of pyridine rings is 1. The predicted molar refractivity (Wildman–Crippen MR) is 120 cm³/mol. The van der Waals surface area contributed by atoms with Gasteiger partial charge in [-0.1, -0.05) is 50.2 Å². The van der Waals surface area contributed by atoms with E-state index in [9.17, 15) is 4.79 Å². The molecule has 1 N–H and O–H groups in total. The van der Waals surface area contributed by atoms with Crippen LogP contribution in [-0.4, -0.2) is 37.5 Å². The van der Waals surface area contributed by atoms with E-state index in [4.69, 9.17) is 0 Å². The molecule has 1 unspecified atom stereocenters. The zero-order valence-corrected chi connectivity index (χ0v) is 18.3. The molecule has 0 spiro atoms. The normalized spacial score (nSPS) is 16.9. The van der Waals surface area contributed by atoms with Gasteiger partial charge < -0.3 is 5.32 Å². The Kier molecular flexibility index (Phi) is 6.47. The smallest absolute Gasteiger partial charge is 0.233 e. The molecule has 1 aromatic carbocycles. The van der Waals surface area contributed by atoms with E-state index in [2.05, 4.69) is 57.1 Å². The van der Waals surface area contributed by atoms with Crippen LogP contribution in [0.15, 0.2) is 47.9 Å². The third kappa shape index (κ3) is 4.12. The number of hydrogen-bond donors (Lipinski definition) is 1. The van der Waals surface area contributed by atoms with E-state index in [1.165, 1.54) is 22.9 Å². The summed E-state index contributed by atoms with van der Waals surface area (Å²) in [6, 6.07) is 10.3. The van der Waals surface area contributed by atoms with Gasteiger partial charge in [-0.15, -0.1) is 10.2 Å². The lowest BCUT2D eigenvalue weighted by atomic mass is 10.0. The number of thioether (sulfide) groups is 1. The third-order valence-corrected chi connectivity index (χ3v) is 6.68. The first kappa shape index (κ1) is 20.6. The molecule has 3 aromatic rings. The highest BCUT2D eigenvalue weighted by molar-refractivity contribution is 8.00. The Hall–Kier alpha value is -2.67. The Morgan fingerprint density at radius 3 is 2.60 bits per heavy atom. The van der Waals surface area contributed by atoms with Crippen LogP contribution in [0, 0.1) is 0 Å². The molecule has 6 nitrogen and oxygen atoms in total. The van der Waals surface area contributed by atoms with Gasteiger partial charge in [0.2, 0.25) is 5.91 Å². The highest BCUT2D eigenvalue weighted by atomic mass is 32.2. The minimum Gasteiger partial charge on any atom is -0.355 e. The molecule has 1 fully saturated rings. The molecular formula is C23H27N5OS. The summed E-state index contributed by atoms with van der Waals surface area (Å²) >= 11 is 1.52. The lowest BCUT2D eigenvalue weighted by Gasteiger charge is -2.19. The largest absolute Gasteiger partial charge is 0.355 e. The SMILES string of the molecule is CCc1cccc(CC)c1-n1c(SC2CCCCNC2=O)nnc1-c1cccnc1. The van der Waals surface area contributed by atoms with Crippen LogP contribution in [0.4, 0.5) is 0 Å². The van der Waals surface area contributed by atoms with E-state index in [1.807, 2.05) is 18.3 Å². The Morgan fingerprint density at radius 1 is 1.10 bits per heavy atom. The Labute approximate surface area is 181 Å². The summed E-state index contributed by atoms with van der Waals surface area (Å²) < 4.78 is 2.14. The Bertz CT molecular complexity index is 995. The van der Waals surface area contributed by atoms with Gasteiger partial charge in [-0.3, -0.25) is 14.3 Å². The fourth-order valence-corrected chi connectivity index (χ4v) is 4.98. The van der Waals surface area contributed by atoms with Gasteiger partial charge in [-0.25, -0.2) is 0 Å². The summed E-state index contributed by atoms with van der Waals surface area (Å²) in [7, 11) is 0. The number of rotatable bonds is 6. The van der Waals surface area contributed by atoms with Crippen molar-refractivity contribution in [2.45, 2.75) is 56.4 Å². The molecule has 156 valence electrons. The number of para-hydroxylation sites is 1. The van der Waals surface area contributed by atoms with Crippen molar-refractivity contribution < 1.29 is 4.79 Å². The second-order valence-corrected chi connectivity index (χ2v) is 8.58. The van der Waals surface area contributed by atoms with Crippen LogP contribution in [-0.2, 0) is 17.6 Å². The lowest BCUT2D eigenvalue weighted by molar-refractivity contribution is -0.120. The molecule has 30 heavy (non-hydrogen) atoms. The molecule has 1 aliphatic rings. The topological polar surface area (TPSA) is 72.7 Å². The molecule has 0 aliphatic carbocycles. The first-order valence-corrected chi connectivity index (χ1v) is 11.5. The summed E-state index contributed by atoms with van der Waals surface area (Å²) in [5.41, 5.74) is 4.52. The predicted octanol–water partition coefficient (Wildman–Crippen LogP) is 4.21. The average molecular weight is 422 g/mol. The molecule has 0 bridgehead atoms. The summed E-state index contributed by atoms with van der Waals surface area (Å²) in [6.07, 6.45) is 8.28. The van der Waals surface area contributed by atoms with Crippen LogP contribution < -0.4 is 5.32 Å². The summed E-state index contributed by atoms with van der Waals surface area (Å²) in [5, 5.41) is 12.7. The van der Waals surface area contributed by atoms with Gasteiger partial charge in [0.05, 0.1) is 10.9 Å². The monoisotopic (exact) mass is 421 g/mol. The standard InChI is InChI=1S/C23H27N5OS/c1-3-16-9-7-10-17(4-2)20(16)28-21(18-11-8-13-24-15-18)26-27-23(28)30-19-12-5-6-14-25-22(19)29/h7-11,13,15,19H,3-6,12,14H2,1-2H3,(H,25,29). The maximum absolute atomic E-state index is 12.6. The third-order valence-electron chi connectivity index (χ3n) is 5.47. The van der Waals surface area contributed by atoms with E-state index in [0.717, 1.165) is 60.9 Å². The van der Waals surface area contributed by atoms with Crippen molar-refractivity contribution in [1.82, 2.24) is 25.1 Å². The molecule has 0 radical (unpaired) electrons. The van der Waals surface area contributed by atoms with Crippen molar-refractivity contribution in [2.75, 3.05) is 6.54 Å². The number of aryl methyl sites for hydroxylation is 2. The summed E-state index contributed by atoms with van der Waals surface area (Å²) in [4.78, 5) is 16.9. The van der Waals surface area contributed by atoms with E-state index >= 15 is 0 Å². The maximum atomic E-state index is 12.6. The molecule has 1 saturated heterocycles. The zero-order chi connectivity index (χ0) is 20.9. The molecule has 2 aromatic heterocycles. The fourth-order valence-electron chi connectivity index (χ4n) is 3.88. The van der Waals surface area contributed by atoms with Gasteiger partial charge in [0.15, 0.2) is 11.0 Å². The molecule has 4 rings (SSSR count). The minimum atomic E-state index is -0.156. The number of nitrogens with zero attached hydrogens (tertiary/aromatic N) is 4. The van der Waals surface area contributed by atoms with Crippen molar-refractivity contribution in [3.8, 4) is 17.1 Å². The number of carbonyl (C=O) groups is 1. The first-order valence-electron chi connectivity index (χ1n) is 10.6. The van der Waals surface area contributed by atoms with Crippen molar-refractivity contribution >= 4 is 17.7 Å². The van der Waals surface area contributed by atoms with Crippen LogP contribution in [0.2, 0.25) is 0 Å². The lowest BCUT2D eigenvalue weighted by Crippen LogP contribution is -2.30. The molecule has 7 heteroatoms. The van der Waals surface area contributed by atoms with Gasteiger partial charge in [-0.2, -0.15) is 0 Å². The number of nitrogens with one attached hydrogen (secondary N) is 1. The highest BCUT2D eigenvalue weighted by Crippen LogP contribution is 2.35. The van der Waals surface area contributed by atoms with Gasteiger partial charge in [0, 0.05) is 24.5 Å². The van der Waals surface area contributed by atoms with Crippen molar-refractivity contribution in [2.24, 2.45) is 0 Å². The molecule has 1 aliphatic heterocycles. The van der Waals surface area contributed by atoms with Crippen LogP contribution in [0.5, 0.6) is 0 Å². The van der Waals surface area contributed by atoms with Crippen molar-refractivity contribution in [3.05, 3.63) is 53.9 Å². The number of carbonyl (C=O) groups excluding carboxylic acids is 1. The van der Waals surface area contributed by atoms with Crippen molar-refractivity contribution in [1.29, 1.82) is 0 Å². The summed E-state index contributed by atoms with van der Waals surface area (Å²) in [6.45, 7) is 5.08. The van der Waals surface area contributed by atoms with Gasteiger partial charge in [0.1, 0.15) is 0 Å². The van der Waals surface area contributed by atoms with Gasteiger partial charge in [0.25, 0.3) is 0 Å². The first-order chi connectivity index (χ1) is 14.7. The van der Waals surface area contributed by atoms with E-state index < -0.39 is 0 Å². The van der Waals surface area contributed by atoms with Crippen LogP contribution in [0.25, 0.3) is 17.1 Å². The Balaban J connectivity index is 1.87. The number of aromatic nitrogens is 4. The number of benzene rings is 1. The van der Waals surface area contributed by atoms with Crippen LogP contribution in [0.3, 0.4) is 0 Å². The molecule has 1 atom stereocenters. The second kappa shape index (κ2) is 9.43. The van der Waals surface area contributed by atoms with E-state index in [-0.39, 0.29) is 11.2 Å². The van der Waals surface area contributed by atoms with E-state index in [1.54, 1.807) is 6.20 Å². The average Bonchev–Trinajstić information content (AvgIpc) is 3.09. The van der Waals surface area contributed by atoms with Gasteiger partial charge >= 0.3 is 0 Å².